The predicted molar refractivity (Wildman–Crippen MR) is 117 cm³/mol. The molecule has 0 saturated heterocycles. The van der Waals surface area contributed by atoms with Gasteiger partial charge < -0.3 is 4.90 Å². The molecule has 2 nitrogen and oxygen atoms in total. The monoisotopic (exact) mass is 389 g/mol. The van der Waals surface area contributed by atoms with Crippen molar-refractivity contribution in [3.8, 4) is 0 Å². The van der Waals surface area contributed by atoms with E-state index < -0.39 is 5.38 Å². The van der Waals surface area contributed by atoms with E-state index in [0.29, 0.717) is 13.1 Å². The lowest BCUT2D eigenvalue weighted by Crippen LogP contribution is -2.34. The van der Waals surface area contributed by atoms with Crippen LogP contribution in [0.2, 0.25) is 0 Å². The van der Waals surface area contributed by atoms with Crippen molar-refractivity contribution >= 4 is 23.6 Å². The maximum absolute atomic E-state index is 13.2. The second kappa shape index (κ2) is 9.91. The molecule has 0 saturated carbocycles. The highest BCUT2D eigenvalue weighted by atomic mass is 35.5. The molecule has 1 atom stereocenters. The molecule has 3 aromatic carbocycles. The number of nitrogens with zero attached hydrogens (tertiary/aromatic N) is 1. The Morgan fingerprint density at radius 1 is 0.893 bits per heavy atom. The summed E-state index contributed by atoms with van der Waals surface area (Å²) in [6.45, 7) is 3.10. The molecule has 3 rings (SSSR count). The molecule has 3 heteroatoms. The highest BCUT2D eigenvalue weighted by Gasteiger charge is 2.24. The summed E-state index contributed by atoms with van der Waals surface area (Å²) in [5.74, 6) is -0.0856. The van der Waals surface area contributed by atoms with Crippen LogP contribution in [-0.4, -0.2) is 17.4 Å². The Kier molecular flexibility index (Phi) is 7.05. The first kappa shape index (κ1) is 19.9. The summed E-state index contributed by atoms with van der Waals surface area (Å²) in [6, 6.07) is 29.7. The Morgan fingerprint density at radius 3 is 2.04 bits per heavy atom. The molecule has 0 aliphatic rings. The van der Waals surface area contributed by atoms with Crippen LogP contribution in [0.3, 0.4) is 0 Å². The van der Waals surface area contributed by atoms with E-state index in [9.17, 15) is 4.79 Å². The summed E-state index contributed by atoms with van der Waals surface area (Å²) < 4.78 is 0. The maximum Gasteiger partial charge on any atom is 0.245 e. The smallest absolute Gasteiger partial charge is 0.245 e. The Hall–Kier alpha value is -2.84. The fourth-order valence-corrected chi connectivity index (χ4v) is 3.40. The Labute approximate surface area is 172 Å². The molecule has 1 amide bonds. The molecule has 0 aliphatic heterocycles. The molecular weight excluding hydrogens is 366 g/mol. The average molecular weight is 390 g/mol. The number of carbonyl (C=O) groups is 1. The summed E-state index contributed by atoms with van der Waals surface area (Å²) in [7, 11) is 0. The number of rotatable bonds is 7. The van der Waals surface area contributed by atoms with E-state index in [1.54, 1.807) is 0 Å². The Morgan fingerprint density at radius 2 is 1.43 bits per heavy atom. The van der Waals surface area contributed by atoms with Crippen molar-refractivity contribution in [3.63, 3.8) is 0 Å². The van der Waals surface area contributed by atoms with Crippen molar-refractivity contribution < 1.29 is 4.79 Å². The summed E-state index contributed by atoms with van der Waals surface area (Å²) in [4.78, 5) is 15.0. The molecule has 0 N–H and O–H groups in total. The van der Waals surface area contributed by atoms with Gasteiger partial charge in [-0.05, 0) is 23.6 Å². The van der Waals surface area contributed by atoms with E-state index in [-0.39, 0.29) is 5.91 Å². The summed E-state index contributed by atoms with van der Waals surface area (Å²) in [5.41, 5.74) is 4.13. The zero-order valence-corrected chi connectivity index (χ0v) is 16.7. The van der Waals surface area contributed by atoms with Crippen molar-refractivity contribution in [3.05, 3.63) is 113 Å². The van der Waals surface area contributed by atoms with Crippen LogP contribution in [0.4, 0.5) is 0 Å². The van der Waals surface area contributed by atoms with Crippen LogP contribution in [0.15, 0.2) is 96.6 Å². The minimum absolute atomic E-state index is 0.0856. The Balaban J connectivity index is 1.82. The summed E-state index contributed by atoms with van der Waals surface area (Å²) in [6.07, 6.45) is 2.11. The van der Waals surface area contributed by atoms with Gasteiger partial charge in [0.25, 0.3) is 0 Å². The molecule has 1 unspecified atom stereocenters. The van der Waals surface area contributed by atoms with Crippen LogP contribution in [-0.2, 0) is 11.3 Å². The summed E-state index contributed by atoms with van der Waals surface area (Å²) >= 11 is 6.55. The van der Waals surface area contributed by atoms with Gasteiger partial charge in [-0.1, -0.05) is 103 Å². The van der Waals surface area contributed by atoms with E-state index in [1.165, 1.54) is 0 Å². The van der Waals surface area contributed by atoms with Crippen LogP contribution < -0.4 is 0 Å². The van der Waals surface area contributed by atoms with E-state index in [4.69, 9.17) is 11.6 Å². The number of benzene rings is 3. The molecule has 0 bridgehead atoms. The van der Waals surface area contributed by atoms with Gasteiger partial charge in [0.15, 0.2) is 0 Å². The van der Waals surface area contributed by atoms with Gasteiger partial charge in [0.2, 0.25) is 5.91 Å². The molecule has 28 heavy (non-hydrogen) atoms. The lowest BCUT2D eigenvalue weighted by molar-refractivity contribution is -0.131. The van der Waals surface area contributed by atoms with E-state index >= 15 is 0 Å². The van der Waals surface area contributed by atoms with Gasteiger partial charge in [0, 0.05) is 13.1 Å². The second-order valence-corrected chi connectivity index (χ2v) is 7.29. The fourth-order valence-electron chi connectivity index (χ4n) is 3.12. The molecule has 0 aromatic heterocycles. The number of halogens is 1. The molecule has 0 spiro atoms. The largest absolute Gasteiger partial charge is 0.333 e. The SMILES string of the molecule is C/C(=C\c1ccccc1)CN(Cc1ccccc1)C(=O)C(Cl)c1ccccc1. The van der Waals surface area contributed by atoms with Crippen LogP contribution in [0, 0.1) is 0 Å². The molecule has 0 radical (unpaired) electrons. The van der Waals surface area contributed by atoms with E-state index in [0.717, 1.165) is 22.3 Å². The zero-order chi connectivity index (χ0) is 19.8. The molecule has 0 heterocycles. The van der Waals surface area contributed by atoms with Gasteiger partial charge in [-0.2, -0.15) is 0 Å². The Bertz CT molecular complexity index is 907. The third kappa shape index (κ3) is 5.58. The van der Waals surface area contributed by atoms with Gasteiger partial charge in [-0.15, -0.1) is 11.6 Å². The predicted octanol–water partition coefficient (Wildman–Crippen LogP) is 6.10. The molecule has 0 fully saturated rings. The highest BCUT2D eigenvalue weighted by molar-refractivity contribution is 6.30. The molecule has 142 valence electrons. The summed E-state index contributed by atoms with van der Waals surface area (Å²) in [5, 5.41) is -0.700. The third-order valence-electron chi connectivity index (χ3n) is 4.49. The van der Waals surface area contributed by atoms with Crippen molar-refractivity contribution in [1.29, 1.82) is 0 Å². The fraction of sp³-hybridized carbons (Fsp3) is 0.160. The van der Waals surface area contributed by atoms with E-state index in [2.05, 4.69) is 18.2 Å². The molecule has 3 aromatic rings. The van der Waals surface area contributed by atoms with Crippen molar-refractivity contribution in [2.45, 2.75) is 18.8 Å². The first-order chi connectivity index (χ1) is 13.6. The van der Waals surface area contributed by atoms with Gasteiger partial charge in [-0.3, -0.25) is 4.79 Å². The van der Waals surface area contributed by atoms with Gasteiger partial charge in [0.05, 0.1) is 0 Å². The quantitative estimate of drug-likeness (QED) is 0.447. The van der Waals surface area contributed by atoms with Crippen LogP contribution in [0.25, 0.3) is 6.08 Å². The normalized spacial score (nSPS) is 12.4. The van der Waals surface area contributed by atoms with Gasteiger partial charge in [-0.25, -0.2) is 0 Å². The highest BCUT2D eigenvalue weighted by Crippen LogP contribution is 2.24. The van der Waals surface area contributed by atoms with Gasteiger partial charge >= 0.3 is 0 Å². The number of alkyl halides is 1. The standard InChI is InChI=1S/C25H24ClNO/c1-20(17-21-11-5-2-6-12-21)18-27(19-22-13-7-3-8-14-22)25(28)24(26)23-15-9-4-10-16-23/h2-17,24H,18-19H2,1H3/b20-17+. The molecular formula is C25H24ClNO. The van der Waals surface area contributed by atoms with Crippen molar-refractivity contribution in [2.24, 2.45) is 0 Å². The second-order valence-electron chi connectivity index (χ2n) is 6.85. The maximum atomic E-state index is 13.2. The van der Waals surface area contributed by atoms with E-state index in [1.807, 2.05) is 90.7 Å². The number of hydrogen-bond donors (Lipinski definition) is 0. The van der Waals surface area contributed by atoms with Crippen molar-refractivity contribution in [1.82, 2.24) is 4.90 Å². The first-order valence-corrected chi connectivity index (χ1v) is 9.81. The first-order valence-electron chi connectivity index (χ1n) is 9.37. The lowest BCUT2D eigenvalue weighted by Gasteiger charge is -2.26. The number of hydrogen-bond acceptors (Lipinski definition) is 1. The zero-order valence-electron chi connectivity index (χ0n) is 16.0. The molecule has 0 aliphatic carbocycles. The minimum atomic E-state index is -0.700. The lowest BCUT2D eigenvalue weighted by atomic mass is 10.1. The minimum Gasteiger partial charge on any atom is -0.333 e. The van der Waals surface area contributed by atoms with Crippen LogP contribution >= 0.6 is 11.6 Å². The van der Waals surface area contributed by atoms with Crippen LogP contribution in [0.1, 0.15) is 29.0 Å². The van der Waals surface area contributed by atoms with Gasteiger partial charge in [0.1, 0.15) is 5.38 Å². The van der Waals surface area contributed by atoms with Crippen LogP contribution in [0.5, 0.6) is 0 Å². The third-order valence-corrected chi connectivity index (χ3v) is 4.93. The average Bonchev–Trinajstić information content (AvgIpc) is 2.74. The number of carbonyl (C=O) groups excluding carboxylic acids is 1. The number of amides is 1. The van der Waals surface area contributed by atoms with Crippen molar-refractivity contribution in [2.75, 3.05) is 6.54 Å². The topological polar surface area (TPSA) is 20.3 Å².